The van der Waals surface area contributed by atoms with Crippen molar-refractivity contribution in [2.45, 2.75) is 6.42 Å². The maximum absolute atomic E-state index is 13.7. The molecule has 2 aromatic rings. The van der Waals surface area contributed by atoms with Gasteiger partial charge in [-0.05, 0) is 36.4 Å². The first-order valence-corrected chi connectivity index (χ1v) is 7.80. The number of anilines is 2. The van der Waals surface area contributed by atoms with E-state index < -0.39 is 5.82 Å². The number of nitrogens with zero attached hydrogens (tertiary/aromatic N) is 1. The molecule has 3 rings (SSSR count). The minimum Gasteiger partial charge on any atom is -0.336 e. The van der Waals surface area contributed by atoms with E-state index in [2.05, 4.69) is 10.6 Å². The van der Waals surface area contributed by atoms with E-state index in [4.69, 9.17) is 11.6 Å². The fourth-order valence-corrected chi connectivity index (χ4v) is 2.74. The maximum Gasteiger partial charge on any atom is 0.321 e. The number of nitrogens with one attached hydrogen (secondary N) is 2. The summed E-state index contributed by atoms with van der Waals surface area (Å²) in [4.78, 5) is 25.3. The highest BCUT2D eigenvalue weighted by molar-refractivity contribution is 6.31. The zero-order chi connectivity index (χ0) is 17.1. The molecule has 0 spiro atoms. The van der Waals surface area contributed by atoms with E-state index in [-0.39, 0.29) is 28.9 Å². The number of benzene rings is 2. The molecule has 0 atom stereocenters. The van der Waals surface area contributed by atoms with Gasteiger partial charge in [0.05, 0.1) is 6.42 Å². The maximum atomic E-state index is 13.7. The van der Waals surface area contributed by atoms with Crippen LogP contribution in [0.2, 0.25) is 5.02 Å². The molecule has 0 bridgehead atoms. The molecule has 2 N–H and O–H groups in total. The molecule has 24 heavy (non-hydrogen) atoms. The summed E-state index contributed by atoms with van der Waals surface area (Å²) in [6.07, 6.45) is -0.151. The molecule has 1 aliphatic rings. The van der Waals surface area contributed by atoms with Gasteiger partial charge in [0.1, 0.15) is 5.82 Å². The van der Waals surface area contributed by atoms with Crippen LogP contribution in [0.1, 0.15) is 5.56 Å². The molecule has 1 aliphatic heterocycles. The predicted octanol–water partition coefficient (Wildman–Crippen LogP) is 3.19. The zero-order valence-electron chi connectivity index (χ0n) is 12.7. The second-order valence-corrected chi connectivity index (χ2v) is 5.76. The molecule has 1 heterocycles. The normalized spacial score (nSPS) is 13.8. The van der Waals surface area contributed by atoms with Crippen LogP contribution in [0, 0.1) is 5.82 Å². The lowest BCUT2D eigenvalue weighted by atomic mass is 10.1. The van der Waals surface area contributed by atoms with Crippen molar-refractivity contribution in [3.63, 3.8) is 0 Å². The van der Waals surface area contributed by atoms with Crippen LogP contribution in [0.3, 0.4) is 0 Å². The third-order valence-corrected chi connectivity index (χ3v) is 4.07. The van der Waals surface area contributed by atoms with Gasteiger partial charge in [-0.15, -0.1) is 0 Å². The molecule has 2 aromatic carbocycles. The van der Waals surface area contributed by atoms with Crippen molar-refractivity contribution < 1.29 is 14.0 Å². The zero-order valence-corrected chi connectivity index (χ0v) is 13.4. The van der Waals surface area contributed by atoms with E-state index in [0.29, 0.717) is 18.8 Å². The molecule has 0 aromatic heterocycles. The van der Waals surface area contributed by atoms with Crippen LogP contribution >= 0.6 is 11.6 Å². The van der Waals surface area contributed by atoms with Crippen LogP contribution in [0.15, 0.2) is 42.5 Å². The summed E-state index contributed by atoms with van der Waals surface area (Å²) in [6, 6.07) is 11.1. The van der Waals surface area contributed by atoms with Crippen LogP contribution in [0.4, 0.5) is 20.6 Å². The van der Waals surface area contributed by atoms with E-state index in [9.17, 15) is 14.0 Å². The van der Waals surface area contributed by atoms with E-state index in [0.717, 1.165) is 5.69 Å². The predicted molar refractivity (Wildman–Crippen MR) is 90.9 cm³/mol. The Morgan fingerprint density at radius 3 is 2.62 bits per heavy atom. The number of rotatable bonds is 4. The summed E-state index contributed by atoms with van der Waals surface area (Å²) in [6.45, 7) is 1.22. The first kappa shape index (κ1) is 16.3. The molecule has 5 nitrogen and oxygen atoms in total. The fourth-order valence-electron chi connectivity index (χ4n) is 2.51. The molecular weight excluding hydrogens is 333 g/mol. The van der Waals surface area contributed by atoms with Crippen LogP contribution in [-0.2, 0) is 11.2 Å². The smallest absolute Gasteiger partial charge is 0.321 e. The highest BCUT2D eigenvalue weighted by Crippen LogP contribution is 2.22. The lowest BCUT2D eigenvalue weighted by Gasteiger charge is -2.14. The van der Waals surface area contributed by atoms with Gasteiger partial charge in [-0.3, -0.25) is 9.69 Å². The number of hydrogen-bond donors (Lipinski definition) is 2. The van der Waals surface area contributed by atoms with Gasteiger partial charge >= 0.3 is 6.03 Å². The minimum absolute atomic E-state index is 0.138. The third kappa shape index (κ3) is 3.49. The largest absolute Gasteiger partial charge is 0.336 e. The average Bonchev–Trinajstić information content (AvgIpc) is 2.98. The van der Waals surface area contributed by atoms with Gasteiger partial charge in [-0.1, -0.05) is 17.7 Å². The highest BCUT2D eigenvalue weighted by Gasteiger charge is 2.20. The van der Waals surface area contributed by atoms with Crippen LogP contribution in [0.25, 0.3) is 0 Å². The van der Waals surface area contributed by atoms with E-state index in [1.165, 1.54) is 12.1 Å². The van der Waals surface area contributed by atoms with Crippen LogP contribution in [-0.4, -0.2) is 25.0 Å². The second kappa shape index (κ2) is 6.88. The Labute approximate surface area is 143 Å². The Morgan fingerprint density at radius 1 is 1.25 bits per heavy atom. The molecule has 3 amide bonds. The van der Waals surface area contributed by atoms with Crippen molar-refractivity contribution in [1.29, 1.82) is 0 Å². The van der Waals surface area contributed by atoms with Crippen LogP contribution < -0.4 is 15.5 Å². The lowest BCUT2D eigenvalue weighted by molar-refractivity contribution is -0.115. The van der Waals surface area contributed by atoms with E-state index in [1.807, 2.05) is 0 Å². The topological polar surface area (TPSA) is 61.4 Å². The SMILES string of the molecule is O=C(Cc1c(F)cccc1Cl)Nc1ccc(N2CCNC2=O)cc1. The van der Waals surface area contributed by atoms with Crippen LogP contribution in [0.5, 0.6) is 0 Å². The van der Waals surface area contributed by atoms with E-state index >= 15 is 0 Å². The first-order chi connectivity index (χ1) is 11.5. The number of amides is 3. The summed E-state index contributed by atoms with van der Waals surface area (Å²) >= 11 is 5.92. The fraction of sp³-hybridized carbons (Fsp3) is 0.176. The van der Waals surface area contributed by atoms with Crippen molar-refractivity contribution >= 4 is 34.9 Å². The molecule has 1 fully saturated rings. The minimum atomic E-state index is -0.506. The van der Waals surface area contributed by atoms with Gasteiger partial charge in [-0.2, -0.15) is 0 Å². The summed E-state index contributed by atoms with van der Waals surface area (Å²) in [5.74, 6) is -0.873. The number of hydrogen-bond acceptors (Lipinski definition) is 2. The summed E-state index contributed by atoms with van der Waals surface area (Å²) in [5.41, 5.74) is 1.48. The molecule has 124 valence electrons. The van der Waals surface area contributed by atoms with Gasteiger partial charge in [0.2, 0.25) is 5.91 Å². The van der Waals surface area contributed by atoms with Gasteiger partial charge in [0, 0.05) is 35.1 Å². The first-order valence-electron chi connectivity index (χ1n) is 7.43. The van der Waals surface area contributed by atoms with E-state index in [1.54, 1.807) is 35.2 Å². The number of urea groups is 1. The monoisotopic (exact) mass is 347 g/mol. The summed E-state index contributed by atoms with van der Waals surface area (Å²) in [7, 11) is 0. The van der Waals surface area contributed by atoms with Crippen molar-refractivity contribution in [2.24, 2.45) is 0 Å². The molecule has 1 saturated heterocycles. The molecule has 7 heteroatoms. The van der Waals surface area contributed by atoms with Gasteiger partial charge in [-0.25, -0.2) is 9.18 Å². The Balaban J connectivity index is 1.65. The standard InChI is InChI=1S/C17H15ClFN3O2/c18-14-2-1-3-15(19)13(14)10-16(23)21-11-4-6-12(7-5-11)22-9-8-20-17(22)24/h1-7H,8-10H2,(H,20,24)(H,21,23). The number of carbonyl (C=O) groups is 2. The quantitative estimate of drug-likeness (QED) is 0.892. The van der Waals surface area contributed by atoms with Crippen molar-refractivity contribution in [3.05, 3.63) is 58.9 Å². The van der Waals surface area contributed by atoms with Gasteiger partial charge in [0.15, 0.2) is 0 Å². The van der Waals surface area contributed by atoms with Crippen molar-refractivity contribution in [1.82, 2.24) is 5.32 Å². The number of halogens is 2. The molecule has 0 radical (unpaired) electrons. The Kier molecular flexibility index (Phi) is 4.66. The molecule has 0 aliphatic carbocycles. The second-order valence-electron chi connectivity index (χ2n) is 5.36. The summed E-state index contributed by atoms with van der Waals surface area (Å²) in [5, 5.41) is 5.64. The molecular formula is C17H15ClFN3O2. The highest BCUT2D eigenvalue weighted by atomic mass is 35.5. The Hall–Kier alpha value is -2.60. The van der Waals surface area contributed by atoms with Crippen molar-refractivity contribution in [2.75, 3.05) is 23.3 Å². The summed E-state index contributed by atoms with van der Waals surface area (Å²) < 4.78 is 13.7. The Bertz CT molecular complexity index is 760. The third-order valence-electron chi connectivity index (χ3n) is 3.72. The van der Waals surface area contributed by atoms with Gasteiger partial charge in [0.25, 0.3) is 0 Å². The number of carbonyl (C=O) groups excluding carboxylic acids is 2. The average molecular weight is 348 g/mol. The van der Waals surface area contributed by atoms with Crippen molar-refractivity contribution in [3.8, 4) is 0 Å². The lowest BCUT2D eigenvalue weighted by Crippen LogP contribution is -2.27. The Morgan fingerprint density at radius 2 is 2.00 bits per heavy atom. The molecule has 0 unspecified atom stereocenters. The van der Waals surface area contributed by atoms with Gasteiger partial charge < -0.3 is 10.6 Å². The molecule has 0 saturated carbocycles.